The maximum Gasteiger partial charge on any atom is 0.329 e. The summed E-state index contributed by atoms with van der Waals surface area (Å²) in [6.07, 6.45) is -0.268. The van der Waals surface area contributed by atoms with Crippen molar-refractivity contribution in [1.82, 2.24) is 4.90 Å². The Bertz CT molecular complexity index is 1410. The van der Waals surface area contributed by atoms with Gasteiger partial charge in [-0.25, -0.2) is 4.79 Å². The Morgan fingerprint density at radius 3 is 2.11 bits per heavy atom. The van der Waals surface area contributed by atoms with Crippen LogP contribution in [0.3, 0.4) is 0 Å². The van der Waals surface area contributed by atoms with Gasteiger partial charge < -0.3 is 49.0 Å². The molecule has 4 N–H and O–H groups in total. The Labute approximate surface area is 339 Å². The summed E-state index contributed by atoms with van der Waals surface area (Å²) in [6, 6.07) is -1.15. The first kappa shape index (κ1) is 47.4. The molecule has 1 aliphatic carbocycles. The largest absolute Gasteiger partial charge is 0.456 e. The average Bonchev–Trinajstić information content (AvgIpc) is 3.20. The van der Waals surface area contributed by atoms with E-state index in [1.807, 2.05) is 26.8 Å². The molecular formula is C43H71NO13. The molecule has 4 rings (SSSR count). The molecule has 16 atom stereocenters. The number of esters is 1. The van der Waals surface area contributed by atoms with Crippen molar-refractivity contribution in [3.05, 3.63) is 11.6 Å². The second-order valence-electron chi connectivity index (χ2n) is 17.6. The third-order valence-corrected chi connectivity index (χ3v) is 13.6. The van der Waals surface area contributed by atoms with E-state index in [1.165, 1.54) is 14.2 Å². The smallest absolute Gasteiger partial charge is 0.329 e. The van der Waals surface area contributed by atoms with E-state index in [2.05, 4.69) is 0 Å². The molecule has 1 saturated carbocycles. The summed E-state index contributed by atoms with van der Waals surface area (Å²) in [6.45, 7) is 10.8. The molecule has 2 bridgehead atoms. The van der Waals surface area contributed by atoms with Crippen molar-refractivity contribution in [2.24, 2.45) is 35.5 Å². The molecule has 14 heteroatoms. The molecule has 0 aromatic heterocycles. The fraction of sp³-hybridized carbons (Fsp3) is 0.860. The number of ether oxygens (including phenoxy) is 5. The molecule has 14 nitrogen and oxygen atoms in total. The van der Waals surface area contributed by atoms with Crippen LogP contribution in [0.4, 0.5) is 0 Å². The number of nitrogens with zero attached hydrogens (tertiary/aromatic N) is 1. The van der Waals surface area contributed by atoms with Crippen molar-refractivity contribution >= 4 is 23.4 Å². The van der Waals surface area contributed by atoms with Crippen molar-refractivity contribution in [2.75, 3.05) is 27.9 Å². The number of hydrogen-bond acceptors (Lipinski definition) is 13. The van der Waals surface area contributed by atoms with E-state index >= 15 is 0 Å². The van der Waals surface area contributed by atoms with E-state index < -0.39 is 90.0 Å². The van der Waals surface area contributed by atoms with Gasteiger partial charge in [-0.15, -0.1) is 0 Å². The molecular weight excluding hydrogens is 738 g/mol. The molecule has 0 spiro atoms. The highest BCUT2D eigenvalue weighted by molar-refractivity contribution is 6.39. The monoisotopic (exact) mass is 809 g/mol. The number of carbonyl (C=O) groups is 4. The van der Waals surface area contributed by atoms with Gasteiger partial charge in [-0.05, 0) is 94.5 Å². The van der Waals surface area contributed by atoms with E-state index in [9.17, 15) is 39.6 Å². The van der Waals surface area contributed by atoms with Gasteiger partial charge in [0, 0.05) is 52.0 Å². The number of piperidine rings is 1. The first-order valence-electron chi connectivity index (χ1n) is 21.2. The number of fused-ring (bicyclic) bond motifs is 3. The fourth-order valence-electron chi connectivity index (χ4n) is 9.71. The number of aliphatic hydroxyl groups is 4. The summed E-state index contributed by atoms with van der Waals surface area (Å²) in [5.41, 5.74) is 0.643. The summed E-state index contributed by atoms with van der Waals surface area (Å²) in [5, 5.41) is 45.7. The zero-order valence-corrected chi connectivity index (χ0v) is 35.6. The molecule has 1 unspecified atom stereocenters. The highest BCUT2D eigenvalue weighted by atomic mass is 16.7. The third kappa shape index (κ3) is 10.9. The number of aliphatic hydroxyl groups excluding tert-OH is 3. The van der Waals surface area contributed by atoms with Gasteiger partial charge in [-0.2, -0.15) is 0 Å². The Balaban J connectivity index is 1.76. The van der Waals surface area contributed by atoms with Gasteiger partial charge in [0.25, 0.3) is 11.7 Å². The molecule has 1 amide bonds. The lowest BCUT2D eigenvalue weighted by Gasteiger charge is -2.47. The van der Waals surface area contributed by atoms with Gasteiger partial charge in [0.1, 0.15) is 24.0 Å². The number of methoxy groups -OCH3 is 3. The second kappa shape index (κ2) is 20.8. The SMILES string of the molecule is CC[C@@H]1CC(C)[C@@H](O)[C@H](C)C[C@H](OC)[C@H]2O[C@@](O)(C(=O)C(=O)N3CCCC[C@H]3C(=O)O[C@H](/C(C)=C/[C@@H]3CC[C@@H](O)[C@H](OC)C3)[C@H](C)[C@@H](O)CC1=O)[C@H](C)C[C@@H]2OC. The van der Waals surface area contributed by atoms with Crippen LogP contribution in [0.1, 0.15) is 112 Å². The van der Waals surface area contributed by atoms with Crippen LogP contribution in [0.2, 0.25) is 0 Å². The fourth-order valence-corrected chi connectivity index (χ4v) is 9.71. The molecule has 3 heterocycles. The van der Waals surface area contributed by atoms with Crippen LogP contribution in [-0.4, -0.2) is 137 Å². The lowest BCUT2D eigenvalue weighted by molar-refractivity contribution is -0.303. The van der Waals surface area contributed by atoms with Crippen LogP contribution >= 0.6 is 0 Å². The van der Waals surface area contributed by atoms with Crippen molar-refractivity contribution in [3.8, 4) is 0 Å². The van der Waals surface area contributed by atoms with Crippen LogP contribution < -0.4 is 0 Å². The van der Waals surface area contributed by atoms with E-state index in [0.29, 0.717) is 50.5 Å². The zero-order valence-electron chi connectivity index (χ0n) is 35.6. The quantitative estimate of drug-likeness (QED) is 0.173. The predicted octanol–water partition coefficient (Wildman–Crippen LogP) is 3.52. The van der Waals surface area contributed by atoms with E-state index in [4.69, 9.17) is 23.7 Å². The Kier molecular flexibility index (Phi) is 17.3. The molecule has 3 saturated heterocycles. The molecule has 4 fully saturated rings. The van der Waals surface area contributed by atoms with Gasteiger partial charge in [0.2, 0.25) is 5.79 Å². The maximum atomic E-state index is 14.3. The molecule has 326 valence electrons. The van der Waals surface area contributed by atoms with Crippen molar-refractivity contribution in [3.63, 3.8) is 0 Å². The molecule has 57 heavy (non-hydrogen) atoms. The standard InChI is InChI=1S/C43H71NO13/c1-10-29-18-23(2)37(48)24(3)19-35(54-8)39-36(55-9)20-26(5)43(52,57-39)40(49)41(50)44-16-12-11-13-30(44)42(51)56-38(27(6)32(46)22-33(29)47)25(4)17-28-14-15-31(45)34(21-28)53-7/h17,23-24,26-32,34-39,45-46,48,52H,10-16,18-22H2,1-9H3/b25-17+/t23?,24-,26-,27-,28+,29-,30+,31-,32+,34-,35+,36+,37-,38-,39-,43-/m1/s1. The molecule has 0 radical (unpaired) electrons. The van der Waals surface area contributed by atoms with E-state index in [0.717, 1.165) is 4.90 Å². The number of ketones is 2. The summed E-state index contributed by atoms with van der Waals surface area (Å²) >= 11 is 0. The lowest BCUT2D eigenvalue weighted by atomic mass is 9.78. The minimum Gasteiger partial charge on any atom is -0.456 e. The van der Waals surface area contributed by atoms with Gasteiger partial charge in [0.05, 0.1) is 36.6 Å². The number of Topliss-reactive ketones (excluding diaryl/α,β-unsaturated/α-hetero) is 2. The molecule has 4 aliphatic rings. The summed E-state index contributed by atoms with van der Waals surface area (Å²) < 4.78 is 29.6. The molecule has 3 aliphatic heterocycles. The van der Waals surface area contributed by atoms with Crippen molar-refractivity contribution in [1.29, 1.82) is 0 Å². The average molecular weight is 810 g/mol. The summed E-state index contributed by atoms with van der Waals surface area (Å²) in [5.74, 6) is -8.53. The maximum absolute atomic E-state index is 14.3. The normalized spacial score (nSPS) is 42.9. The Morgan fingerprint density at radius 1 is 0.842 bits per heavy atom. The summed E-state index contributed by atoms with van der Waals surface area (Å²) in [4.78, 5) is 57.7. The first-order valence-corrected chi connectivity index (χ1v) is 21.2. The second-order valence-corrected chi connectivity index (χ2v) is 17.6. The number of hydrogen-bond donors (Lipinski definition) is 4. The molecule has 0 aromatic carbocycles. The summed E-state index contributed by atoms with van der Waals surface area (Å²) in [7, 11) is 4.52. The Hall–Kier alpha value is -2.30. The predicted molar refractivity (Wildman–Crippen MR) is 209 cm³/mol. The highest BCUT2D eigenvalue weighted by Gasteiger charge is 2.57. The van der Waals surface area contributed by atoms with Crippen LogP contribution in [0.15, 0.2) is 11.6 Å². The number of amides is 1. The van der Waals surface area contributed by atoms with Gasteiger partial charge in [-0.3, -0.25) is 14.4 Å². The van der Waals surface area contributed by atoms with Gasteiger partial charge >= 0.3 is 5.97 Å². The molecule has 0 aromatic rings. The van der Waals surface area contributed by atoms with Gasteiger partial charge in [0.15, 0.2) is 0 Å². The highest BCUT2D eigenvalue weighted by Crippen LogP contribution is 2.39. The third-order valence-electron chi connectivity index (χ3n) is 13.6. The van der Waals surface area contributed by atoms with Crippen molar-refractivity contribution in [2.45, 2.75) is 173 Å². The van der Waals surface area contributed by atoms with Crippen LogP contribution in [0.5, 0.6) is 0 Å². The van der Waals surface area contributed by atoms with Crippen LogP contribution in [0, 0.1) is 35.5 Å². The minimum absolute atomic E-state index is 0.0178. The zero-order chi connectivity index (χ0) is 42.4. The van der Waals surface area contributed by atoms with E-state index in [1.54, 1.807) is 27.9 Å². The van der Waals surface area contributed by atoms with E-state index in [-0.39, 0.29) is 61.9 Å². The number of cyclic esters (lactones) is 1. The first-order chi connectivity index (χ1) is 26.9. The van der Waals surface area contributed by atoms with Gasteiger partial charge in [-0.1, -0.05) is 40.7 Å². The minimum atomic E-state index is -2.56. The number of rotatable bonds is 6. The number of carbonyl (C=O) groups excluding carboxylic acids is 4. The number of allylic oxidation sites excluding steroid dienone is 1. The Morgan fingerprint density at radius 2 is 1.47 bits per heavy atom. The lowest BCUT2D eigenvalue weighted by Crippen LogP contribution is -2.64. The van der Waals surface area contributed by atoms with Crippen LogP contribution in [-0.2, 0) is 42.9 Å². The van der Waals surface area contributed by atoms with Crippen molar-refractivity contribution < 1.29 is 63.3 Å². The topological polar surface area (TPSA) is 199 Å². The van der Waals surface area contributed by atoms with Crippen LogP contribution in [0.25, 0.3) is 0 Å².